The maximum absolute atomic E-state index is 11.2. The van der Waals surface area contributed by atoms with Gasteiger partial charge in [0.25, 0.3) is 0 Å². The van der Waals surface area contributed by atoms with Gasteiger partial charge in [0.1, 0.15) is 5.75 Å². The van der Waals surface area contributed by atoms with Crippen molar-refractivity contribution in [2.45, 2.75) is 20.0 Å². The summed E-state index contributed by atoms with van der Waals surface area (Å²) in [5.74, 6) is 0.753. The predicted octanol–water partition coefficient (Wildman–Crippen LogP) is 4.61. The standard InChI is InChI=1S/C16H15ClO2/c1-11(2)19-16-6-4-3-5-14(16)15-9-13(17)8-7-12(15)10-18/h3-11H,1-2H3. The average Bonchev–Trinajstić information content (AvgIpc) is 2.38. The molecular formula is C16H15ClO2. The number of ether oxygens (including phenoxy) is 1. The minimum absolute atomic E-state index is 0.0695. The molecule has 0 bridgehead atoms. The molecule has 0 radical (unpaired) electrons. The van der Waals surface area contributed by atoms with Crippen molar-refractivity contribution in [1.29, 1.82) is 0 Å². The fourth-order valence-corrected chi connectivity index (χ4v) is 2.08. The molecule has 0 saturated heterocycles. The van der Waals surface area contributed by atoms with Gasteiger partial charge in [-0.1, -0.05) is 29.8 Å². The Bertz CT molecular complexity index is 591. The SMILES string of the molecule is CC(C)Oc1ccccc1-c1cc(Cl)ccc1C=O. The van der Waals surface area contributed by atoms with E-state index in [2.05, 4.69) is 0 Å². The summed E-state index contributed by atoms with van der Waals surface area (Å²) in [7, 11) is 0. The van der Waals surface area contributed by atoms with Crippen LogP contribution in [0, 0.1) is 0 Å². The van der Waals surface area contributed by atoms with Crippen LogP contribution in [-0.2, 0) is 0 Å². The molecule has 0 heterocycles. The Labute approximate surface area is 118 Å². The first-order valence-electron chi connectivity index (χ1n) is 6.12. The largest absolute Gasteiger partial charge is 0.490 e. The van der Waals surface area contributed by atoms with E-state index in [4.69, 9.17) is 16.3 Å². The van der Waals surface area contributed by atoms with E-state index in [1.807, 2.05) is 38.1 Å². The van der Waals surface area contributed by atoms with Crippen molar-refractivity contribution in [1.82, 2.24) is 0 Å². The first kappa shape index (κ1) is 13.6. The molecule has 0 aliphatic heterocycles. The highest BCUT2D eigenvalue weighted by Gasteiger charge is 2.11. The van der Waals surface area contributed by atoms with Crippen LogP contribution in [0.5, 0.6) is 5.75 Å². The minimum Gasteiger partial charge on any atom is -0.490 e. The molecule has 0 atom stereocenters. The van der Waals surface area contributed by atoms with Crippen LogP contribution in [0.3, 0.4) is 0 Å². The number of carbonyl (C=O) groups is 1. The molecule has 19 heavy (non-hydrogen) atoms. The van der Waals surface area contributed by atoms with Crippen LogP contribution in [0.15, 0.2) is 42.5 Å². The van der Waals surface area contributed by atoms with Crippen LogP contribution >= 0.6 is 11.6 Å². The molecule has 2 rings (SSSR count). The number of para-hydroxylation sites is 1. The highest BCUT2D eigenvalue weighted by Crippen LogP contribution is 2.33. The maximum atomic E-state index is 11.2. The molecule has 0 fully saturated rings. The van der Waals surface area contributed by atoms with Gasteiger partial charge in [0.05, 0.1) is 6.10 Å². The molecule has 0 aliphatic carbocycles. The Kier molecular flexibility index (Phi) is 4.23. The summed E-state index contributed by atoms with van der Waals surface area (Å²) in [5.41, 5.74) is 2.27. The topological polar surface area (TPSA) is 26.3 Å². The summed E-state index contributed by atoms with van der Waals surface area (Å²) in [4.78, 5) is 11.2. The molecule has 0 amide bonds. The van der Waals surface area contributed by atoms with Gasteiger partial charge in [-0.2, -0.15) is 0 Å². The molecule has 2 aromatic carbocycles. The lowest BCUT2D eigenvalue weighted by Gasteiger charge is -2.15. The fraction of sp³-hybridized carbons (Fsp3) is 0.188. The van der Waals surface area contributed by atoms with E-state index in [0.29, 0.717) is 10.6 Å². The number of hydrogen-bond acceptors (Lipinski definition) is 2. The second-order valence-corrected chi connectivity index (χ2v) is 4.95. The molecule has 98 valence electrons. The van der Waals surface area contributed by atoms with Crippen LogP contribution in [0.25, 0.3) is 11.1 Å². The van der Waals surface area contributed by atoms with Gasteiger partial charge in [0.2, 0.25) is 0 Å². The third kappa shape index (κ3) is 3.15. The highest BCUT2D eigenvalue weighted by molar-refractivity contribution is 6.31. The number of aldehydes is 1. The van der Waals surface area contributed by atoms with E-state index in [-0.39, 0.29) is 6.10 Å². The van der Waals surface area contributed by atoms with E-state index in [9.17, 15) is 4.79 Å². The van der Waals surface area contributed by atoms with Crippen molar-refractivity contribution in [3.63, 3.8) is 0 Å². The van der Waals surface area contributed by atoms with Gasteiger partial charge in [0.15, 0.2) is 6.29 Å². The maximum Gasteiger partial charge on any atom is 0.150 e. The predicted molar refractivity (Wildman–Crippen MR) is 78.0 cm³/mol. The Morgan fingerprint density at radius 2 is 1.84 bits per heavy atom. The summed E-state index contributed by atoms with van der Waals surface area (Å²) in [5, 5.41) is 0.597. The smallest absolute Gasteiger partial charge is 0.150 e. The Morgan fingerprint density at radius 1 is 1.11 bits per heavy atom. The Morgan fingerprint density at radius 3 is 2.53 bits per heavy atom. The van der Waals surface area contributed by atoms with Gasteiger partial charge in [0, 0.05) is 16.1 Å². The molecule has 0 aromatic heterocycles. The zero-order valence-electron chi connectivity index (χ0n) is 10.9. The van der Waals surface area contributed by atoms with Crippen molar-refractivity contribution in [3.05, 3.63) is 53.1 Å². The van der Waals surface area contributed by atoms with Crippen molar-refractivity contribution < 1.29 is 9.53 Å². The van der Waals surface area contributed by atoms with Crippen molar-refractivity contribution >= 4 is 17.9 Å². The molecule has 0 spiro atoms. The van der Waals surface area contributed by atoms with Crippen LogP contribution in [0.1, 0.15) is 24.2 Å². The first-order chi connectivity index (χ1) is 9.11. The quantitative estimate of drug-likeness (QED) is 0.761. The van der Waals surface area contributed by atoms with Crippen molar-refractivity contribution in [3.8, 4) is 16.9 Å². The molecule has 0 N–H and O–H groups in total. The van der Waals surface area contributed by atoms with Gasteiger partial charge < -0.3 is 4.74 Å². The third-order valence-corrected chi connectivity index (χ3v) is 2.92. The second kappa shape index (κ2) is 5.89. The van der Waals surface area contributed by atoms with Gasteiger partial charge in [-0.15, -0.1) is 0 Å². The van der Waals surface area contributed by atoms with Gasteiger partial charge in [-0.05, 0) is 43.7 Å². The number of hydrogen-bond donors (Lipinski definition) is 0. The third-order valence-electron chi connectivity index (χ3n) is 2.68. The Balaban J connectivity index is 2.58. The normalized spacial score (nSPS) is 10.5. The van der Waals surface area contributed by atoms with Crippen LogP contribution in [0.4, 0.5) is 0 Å². The number of benzene rings is 2. The van der Waals surface area contributed by atoms with Crippen LogP contribution in [-0.4, -0.2) is 12.4 Å². The van der Waals surface area contributed by atoms with Crippen molar-refractivity contribution in [2.75, 3.05) is 0 Å². The van der Waals surface area contributed by atoms with E-state index in [1.165, 1.54) is 0 Å². The number of carbonyl (C=O) groups excluding carboxylic acids is 1. The average molecular weight is 275 g/mol. The molecule has 3 heteroatoms. The lowest BCUT2D eigenvalue weighted by atomic mass is 9.99. The molecule has 2 aromatic rings. The minimum atomic E-state index is 0.0695. The van der Waals surface area contributed by atoms with Crippen LogP contribution < -0.4 is 4.74 Å². The summed E-state index contributed by atoms with van der Waals surface area (Å²) in [6.07, 6.45) is 0.901. The van der Waals surface area contributed by atoms with E-state index in [0.717, 1.165) is 23.2 Å². The summed E-state index contributed by atoms with van der Waals surface area (Å²) >= 11 is 6.03. The molecule has 0 unspecified atom stereocenters. The second-order valence-electron chi connectivity index (χ2n) is 4.51. The molecule has 0 aliphatic rings. The monoisotopic (exact) mass is 274 g/mol. The zero-order chi connectivity index (χ0) is 13.8. The van der Waals surface area contributed by atoms with Gasteiger partial charge in [-0.25, -0.2) is 0 Å². The van der Waals surface area contributed by atoms with Crippen molar-refractivity contribution in [2.24, 2.45) is 0 Å². The number of halogens is 1. The van der Waals surface area contributed by atoms with Gasteiger partial charge >= 0.3 is 0 Å². The molecule has 0 saturated carbocycles. The van der Waals surface area contributed by atoms with Crippen LogP contribution in [0.2, 0.25) is 5.02 Å². The zero-order valence-corrected chi connectivity index (χ0v) is 11.6. The molecular weight excluding hydrogens is 260 g/mol. The van der Waals surface area contributed by atoms with E-state index in [1.54, 1.807) is 18.2 Å². The van der Waals surface area contributed by atoms with E-state index < -0.39 is 0 Å². The molecule has 2 nitrogen and oxygen atoms in total. The number of rotatable bonds is 4. The lowest BCUT2D eigenvalue weighted by Crippen LogP contribution is -2.06. The van der Waals surface area contributed by atoms with Gasteiger partial charge in [-0.3, -0.25) is 4.79 Å². The Hall–Kier alpha value is -1.80. The first-order valence-corrected chi connectivity index (χ1v) is 6.50. The van der Waals surface area contributed by atoms with E-state index >= 15 is 0 Å². The fourth-order valence-electron chi connectivity index (χ4n) is 1.91. The summed E-state index contributed by atoms with van der Waals surface area (Å²) in [6, 6.07) is 12.9. The summed E-state index contributed by atoms with van der Waals surface area (Å²) < 4.78 is 5.78. The highest BCUT2D eigenvalue weighted by atomic mass is 35.5. The summed E-state index contributed by atoms with van der Waals surface area (Å²) in [6.45, 7) is 3.94. The lowest BCUT2D eigenvalue weighted by molar-refractivity contribution is 0.112.